The number of hydrogen-bond donors (Lipinski definition) is 10. The van der Waals surface area contributed by atoms with Gasteiger partial charge in [0, 0.05) is 48.4 Å². The number of aromatic nitrogens is 8. The van der Waals surface area contributed by atoms with Crippen molar-refractivity contribution in [2.24, 2.45) is 4.99 Å². The number of aliphatic imine (C=N–C) groups is 1. The minimum atomic E-state index is -1.32. The Hall–Kier alpha value is -5.57. The normalized spacial score (nSPS) is 25.1. The molecule has 3 aliphatic rings. The van der Waals surface area contributed by atoms with Crippen molar-refractivity contribution in [2.75, 3.05) is 70.7 Å². The summed E-state index contributed by atoms with van der Waals surface area (Å²) < 4.78 is 14.0. The molecule has 7 rings (SSSR count). The minimum Gasteiger partial charge on any atom is -0.394 e. The van der Waals surface area contributed by atoms with Crippen LogP contribution in [0.4, 0.5) is 11.6 Å². The lowest BCUT2D eigenvalue weighted by Crippen LogP contribution is -2.33. The number of ether oxygens (including phenoxy) is 2. The summed E-state index contributed by atoms with van der Waals surface area (Å²) in [5, 5.41) is 70.8. The van der Waals surface area contributed by atoms with Crippen molar-refractivity contribution in [3.63, 3.8) is 0 Å². The number of hydrogen-bond acceptors (Lipinski definition) is 20. The van der Waals surface area contributed by atoms with E-state index in [4.69, 9.17) is 9.47 Å². The van der Waals surface area contributed by atoms with Gasteiger partial charge in [0.1, 0.15) is 36.6 Å². The van der Waals surface area contributed by atoms with Crippen LogP contribution in [0, 0.1) is 0 Å². The number of fused-ring (bicyclic) bond motifs is 2. The van der Waals surface area contributed by atoms with Crippen LogP contribution in [0.1, 0.15) is 62.2 Å². The molecule has 3 saturated heterocycles. The van der Waals surface area contributed by atoms with Gasteiger partial charge in [-0.1, -0.05) is 13.2 Å². The van der Waals surface area contributed by atoms with Gasteiger partial charge in [-0.2, -0.15) is 0 Å². The van der Waals surface area contributed by atoms with Crippen LogP contribution in [0.3, 0.4) is 0 Å². The van der Waals surface area contributed by atoms with Crippen molar-refractivity contribution in [2.45, 2.75) is 74.8 Å². The molecule has 4 aromatic heterocycles. The Morgan fingerprint density at radius 3 is 1.69 bits per heavy atom. The van der Waals surface area contributed by atoms with Crippen LogP contribution in [-0.4, -0.2) is 189 Å². The topological polar surface area (TPSA) is 325 Å². The predicted octanol–water partition coefficient (Wildman–Crippen LogP) is -1.44. The van der Waals surface area contributed by atoms with Crippen LogP contribution in [-0.2, 0) is 9.47 Å². The maximum Gasteiger partial charge on any atom is 0.289 e. The number of amides is 2. The molecule has 24 nitrogen and oxygen atoms in total. The minimum absolute atomic E-state index is 0. The summed E-state index contributed by atoms with van der Waals surface area (Å²) in [7, 11) is 3.28. The molecule has 24 heteroatoms. The van der Waals surface area contributed by atoms with E-state index >= 15 is 0 Å². The number of aliphatic hydroxyl groups excluding tert-OH is 6. The third-order valence-electron chi connectivity index (χ3n) is 10.6. The van der Waals surface area contributed by atoms with E-state index in [1.54, 1.807) is 20.2 Å². The van der Waals surface area contributed by atoms with Gasteiger partial charge < -0.3 is 66.3 Å². The van der Waals surface area contributed by atoms with E-state index in [1.807, 2.05) is 0 Å². The largest absolute Gasteiger partial charge is 0.394 e. The molecule has 0 bridgehead atoms. The van der Waals surface area contributed by atoms with Gasteiger partial charge in [-0.25, -0.2) is 29.9 Å². The summed E-state index contributed by atoms with van der Waals surface area (Å²) in [5.41, 5.74) is 1.91. The first-order valence-corrected chi connectivity index (χ1v) is 20.2. The first-order chi connectivity index (χ1) is 30.0. The molecule has 8 atom stereocenters. The lowest BCUT2D eigenvalue weighted by Gasteiger charge is -2.17. The summed E-state index contributed by atoms with van der Waals surface area (Å²) in [6.07, 6.45) is 0.420. The highest BCUT2D eigenvalue weighted by molar-refractivity contribution is 5.97. The molecule has 0 aromatic carbocycles. The van der Waals surface area contributed by atoms with Gasteiger partial charge in [0.2, 0.25) is 11.6 Å². The number of nitrogens with zero attached hydrogens (tertiary/aromatic N) is 10. The molecule has 0 unspecified atom stereocenters. The third-order valence-corrected chi connectivity index (χ3v) is 10.6. The second kappa shape index (κ2) is 21.0. The van der Waals surface area contributed by atoms with E-state index in [0.717, 1.165) is 26.1 Å². The zero-order valence-corrected chi connectivity index (χ0v) is 34.4. The zero-order valence-electron chi connectivity index (χ0n) is 34.4. The molecule has 340 valence electrons. The van der Waals surface area contributed by atoms with E-state index < -0.39 is 74.1 Å². The Bertz CT molecular complexity index is 2240. The average Bonchev–Trinajstić information content (AvgIpc) is 4.14. The number of aliphatic hydroxyl groups is 6. The summed E-state index contributed by atoms with van der Waals surface area (Å²) in [4.78, 5) is 57.3. The highest BCUT2D eigenvalue weighted by Gasteiger charge is 2.45. The van der Waals surface area contributed by atoms with Gasteiger partial charge in [-0.15, -0.1) is 0 Å². The second-order valence-electron chi connectivity index (χ2n) is 14.6. The number of allylic oxidation sites excluding steroid dienone is 1. The van der Waals surface area contributed by atoms with Gasteiger partial charge in [-0.05, 0) is 45.0 Å². The van der Waals surface area contributed by atoms with Gasteiger partial charge in [0.15, 0.2) is 46.4 Å². The summed E-state index contributed by atoms with van der Waals surface area (Å²) in [5.74, 6) is -0.418. The first kappa shape index (κ1) is 45.9. The van der Waals surface area contributed by atoms with Crippen molar-refractivity contribution in [3.05, 3.63) is 49.7 Å². The fourth-order valence-corrected chi connectivity index (χ4v) is 7.29. The van der Waals surface area contributed by atoms with Crippen LogP contribution in [0.2, 0.25) is 0 Å². The zero-order chi connectivity index (χ0) is 44.5. The summed E-state index contributed by atoms with van der Waals surface area (Å²) >= 11 is 0. The molecular weight excluding hydrogens is 813 g/mol. The molecule has 62 heavy (non-hydrogen) atoms. The van der Waals surface area contributed by atoms with E-state index in [2.05, 4.69) is 74.2 Å². The number of likely N-dealkylation sites (tertiary alicyclic amines) is 1. The van der Waals surface area contributed by atoms with Gasteiger partial charge >= 0.3 is 0 Å². The average molecular weight is 871 g/mol. The fraction of sp³-hybridized carbons (Fsp3) is 0.553. The molecule has 0 radical (unpaired) electrons. The Balaban J connectivity index is 0.000000272. The van der Waals surface area contributed by atoms with E-state index in [9.17, 15) is 40.2 Å². The van der Waals surface area contributed by atoms with E-state index in [-0.39, 0.29) is 32.3 Å². The van der Waals surface area contributed by atoms with E-state index in [1.165, 1.54) is 40.8 Å². The van der Waals surface area contributed by atoms with Crippen LogP contribution >= 0.6 is 0 Å². The molecule has 3 aliphatic heterocycles. The second-order valence-corrected chi connectivity index (χ2v) is 14.6. The highest BCUT2D eigenvalue weighted by atomic mass is 16.6. The van der Waals surface area contributed by atoms with Gasteiger partial charge in [0.25, 0.3) is 11.8 Å². The SMILES string of the molecule is C=CN=C(C=C)CCNC(=O)c1nc(NC)c2ncn([C@@H]3O[C@H](CO)[C@@H](O)[C@H]3O)c2n1.CNc1nc(C(=O)NCCCN2CCCC2)nc2c1ncn2[C@@H]1O[C@H](CO)[C@@H](O)[C@H]1O.[HH].[HH]. The van der Waals surface area contributed by atoms with Crippen molar-refractivity contribution in [3.8, 4) is 0 Å². The van der Waals surface area contributed by atoms with Crippen molar-refractivity contribution in [1.82, 2.24) is 54.6 Å². The van der Waals surface area contributed by atoms with Crippen molar-refractivity contribution >= 4 is 51.5 Å². The van der Waals surface area contributed by atoms with Crippen LogP contribution in [0.15, 0.2) is 43.1 Å². The molecule has 7 heterocycles. The molecule has 0 aliphatic carbocycles. The number of carbonyl (C=O) groups is 2. The molecule has 10 N–H and O–H groups in total. The molecule has 3 fully saturated rings. The van der Waals surface area contributed by atoms with Crippen molar-refractivity contribution in [1.29, 1.82) is 0 Å². The predicted molar refractivity (Wildman–Crippen MR) is 227 cm³/mol. The fourth-order valence-electron chi connectivity index (χ4n) is 7.29. The van der Waals surface area contributed by atoms with Crippen LogP contribution < -0.4 is 21.3 Å². The Morgan fingerprint density at radius 1 is 0.790 bits per heavy atom. The lowest BCUT2D eigenvalue weighted by molar-refractivity contribution is -0.0511. The number of anilines is 2. The maximum absolute atomic E-state index is 12.7. The third kappa shape index (κ3) is 9.88. The van der Waals surface area contributed by atoms with Gasteiger partial charge in [-0.3, -0.25) is 23.7 Å². The molecule has 0 spiro atoms. The maximum atomic E-state index is 12.7. The molecule has 4 aromatic rings. The quantitative estimate of drug-likeness (QED) is 0.0429. The number of nitrogens with one attached hydrogen (secondary N) is 4. The number of rotatable bonds is 17. The van der Waals surface area contributed by atoms with Crippen molar-refractivity contribution < 1.29 is 52.6 Å². The van der Waals surface area contributed by atoms with Gasteiger partial charge in [0.05, 0.1) is 25.9 Å². The molecule has 2 amide bonds. The number of carbonyl (C=O) groups excluding carboxylic acids is 2. The monoisotopic (exact) mass is 870 g/mol. The first-order valence-electron chi connectivity index (χ1n) is 20.2. The standard InChI is InChI=1S/C19H29N7O5.C19H25N7O5.2H2/c1-20-15-12-17(26(10-22-12)19-14(29)13(28)11(9-27)31-19)24-16(23-15)18(30)21-5-4-8-25-6-2-3-7-25;1-4-10(21-5-2)6-7-22-18(30)16-24-15(20-3)12-17(25-16)26(9-23-12)19-14(29)13(28)11(8-27)31-19;;/h10-11,13-14,19,27-29H,2-9H2,1H3,(H,21,30)(H,20,23,24);4-5,9,11,13-14,19,27-29H,1-2,6-8H2,3H3,(H,22,30)(H,20,24,25);2*1H/t2*11-,13-,14-,19-;;/m11../s1. The van der Waals surface area contributed by atoms with Crippen LogP contribution in [0.5, 0.6) is 0 Å². The molecular formula is C38H58N14O10. The Kier molecular flexibility index (Phi) is 15.6. The number of imidazole rings is 2. The summed E-state index contributed by atoms with van der Waals surface area (Å²) in [6, 6.07) is 0. The van der Waals surface area contributed by atoms with E-state index in [0.29, 0.717) is 41.3 Å². The Morgan fingerprint density at radius 2 is 1.27 bits per heavy atom. The Labute approximate surface area is 358 Å². The smallest absolute Gasteiger partial charge is 0.289 e. The van der Waals surface area contributed by atoms with Crippen LogP contribution in [0.25, 0.3) is 22.3 Å². The summed E-state index contributed by atoms with van der Waals surface area (Å²) in [6.45, 7) is 10.2. The lowest BCUT2D eigenvalue weighted by atomic mass is 10.1. The molecule has 0 saturated carbocycles. The highest BCUT2D eigenvalue weighted by Crippen LogP contribution is 2.34.